The summed E-state index contributed by atoms with van der Waals surface area (Å²) in [6.45, 7) is 13.2. The van der Waals surface area contributed by atoms with Gasteiger partial charge in [-0.2, -0.15) is 10.2 Å². The van der Waals surface area contributed by atoms with Gasteiger partial charge in [0, 0.05) is 23.3 Å². The molecule has 0 amide bonds. The summed E-state index contributed by atoms with van der Waals surface area (Å²) in [5.74, 6) is 0. The highest BCUT2D eigenvalue weighted by molar-refractivity contribution is 5.68. The molecule has 0 bridgehead atoms. The van der Waals surface area contributed by atoms with E-state index >= 15 is 0 Å². The summed E-state index contributed by atoms with van der Waals surface area (Å²) in [7, 11) is 0. The number of hydrogen-bond acceptors (Lipinski definition) is 2. The lowest BCUT2D eigenvalue weighted by Crippen LogP contribution is -2.13. The van der Waals surface area contributed by atoms with Gasteiger partial charge in [0.05, 0.1) is 0 Å². The van der Waals surface area contributed by atoms with Crippen LogP contribution in [-0.4, -0.2) is 12.4 Å². The monoisotopic (exact) mass is 224 g/mol. The zero-order valence-corrected chi connectivity index (χ0v) is 11.9. The molecular formula is C14H28N2. The number of nitrogens with zero attached hydrogens (tertiary/aromatic N) is 2. The normalized spacial score (nSPS) is 14.1. The average molecular weight is 224 g/mol. The molecule has 16 heavy (non-hydrogen) atoms. The zero-order chi connectivity index (χ0) is 12.7. The van der Waals surface area contributed by atoms with Crippen LogP contribution in [0.2, 0.25) is 0 Å². The smallest absolute Gasteiger partial charge is 0.0326 e. The summed E-state index contributed by atoms with van der Waals surface area (Å²) >= 11 is 0. The van der Waals surface area contributed by atoms with Crippen LogP contribution in [0.1, 0.15) is 67.2 Å². The molecule has 0 saturated carbocycles. The van der Waals surface area contributed by atoms with Crippen LogP contribution in [0.25, 0.3) is 0 Å². The number of rotatable bonds is 7. The quantitative estimate of drug-likeness (QED) is 0.442. The molecule has 0 fully saturated rings. The van der Waals surface area contributed by atoms with Crippen LogP contribution in [0.15, 0.2) is 10.2 Å². The predicted molar refractivity (Wildman–Crippen MR) is 74.4 cm³/mol. The molecule has 0 N–H and O–H groups in total. The summed E-state index contributed by atoms with van der Waals surface area (Å²) in [4.78, 5) is 0. The Morgan fingerprint density at radius 3 is 1.31 bits per heavy atom. The second-order valence-corrected chi connectivity index (χ2v) is 5.97. The third-order valence-corrected chi connectivity index (χ3v) is 2.67. The third-order valence-electron chi connectivity index (χ3n) is 2.67. The molecule has 0 aliphatic carbocycles. The third kappa shape index (κ3) is 7.61. The van der Waals surface area contributed by atoms with Gasteiger partial charge in [0.25, 0.3) is 0 Å². The van der Waals surface area contributed by atoms with Crippen LogP contribution < -0.4 is 0 Å². The van der Waals surface area contributed by atoms with Crippen molar-refractivity contribution in [2.75, 3.05) is 0 Å². The Morgan fingerprint density at radius 1 is 0.750 bits per heavy atom. The van der Waals surface area contributed by atoms with Crippen molar-refractivity contribution < 1.29 is 0 Å². The molecule has 0 radical (unpaired) electrons. The van der Waals surface area contributed by atoms with Gasteiger partial charge in [-0.1, -0.05) is 54.4 Å². The van der Waals surface area contributed by atoms with Crippen molar-refractivity contribution in [3.8, 4) is 0 Å². The first kappa shape index (κ1) is 15.3. The largest absolute Gasteiger partial charge is 0.163 e. The fourth-order valence-electron chi connectivity index (χ4n) is 1.80. The van der Waals surface area contributed by atoms with Gasteiger partial charge in [-0.25, -0.2) is 0 Å². The van der Waals surface area contributed by atoms with Gasteiger partial charge in [-0.05, 0) is 12.8 Å². The first-order chi connectivity index (χ1) is 7.33. The van der Waals surface area contributed by atoms with Crippen molar-refractivity contribution in [2.45, 2.75) is 67.2 Å². The molecule has 0 atom stereocenters. The summed E-state index contributed by atoms with van der Waals surface area (Å²) in [6.07, 6.45) is 8.62. The summed E-state index contributed by atoms with van der Waals surface area (Å²) in [6, 6.07) is 0. The van der Waals surface area contributed by atoms with E-state index < -0.39 is 0 Å². The van der Waals surface area contributed by atoms with Crippen molar-refractivity contribution in [1.82, 2.24) is 0 Å². The average Bonchev–Trinajstić information content (AvgIpc) is 2.12. The molecule has 0 aromatic heterocycles. The van der Waals surface area contributed by atoms with Gasteiger partial charge in [0.1, 0.15) is 0 Å². The Balaban J connectivity index is 4.22. The van der Waals surface area contributed by atoms with Gasteiger partial charge in [-0.3, -0.25) is 0 Å². The summed E-state index contributed by atoms with van der Waals surface area (Å²) in [5, 5.41) is 8.35. The van der Waals surface area contributed by atoms with Crippen LogP contribution in [0.4, 0.5) is 0 Å². The highest BCUT2D eigenvalue weighted by Gasteiger charge is 2.14. The Labute approximate surface area is 101 Å². The van der Waals surface area contributed by atoms with Crippen molar-refractivity contribution in [3.63, 3.8) is 0 Å². The summed E-state index contributed by atoms with van der Waals surface area (Å²) < 4.78 is 0. The standard InChI is InChI=1S/C14H28N2/c1-7-9-13(3,4)11-15-16-12-14(5,6)10-8-2/h11-12H,7-10H2,1-6H3/b15-11+,16-12+. The van der Waals surface area contributed by atoms with Crippen LogP contribution in [-0.2, 0) is 0 Å². The van der Waals surface area contributed by atoms with E-state index in [1.165, 1.54) is 12.8 Å². The SMILES string of the molecule is CCCC(C)(C)/C=N/N=C/C(C)(C)CCC. The minimum Gasteiger partial charge on any atom is -0.163 e. The summed E-state index contributed by atoms with van der Waals surface area (Å²) in [5.41, 5.74) is 0.335. The second-order valence-electron chi connectivity index (χ2n) is 5.97. The van der Waals surface area contributed by atoms with Crippen molar-refractivity contribution in [3.05, 3.63) is 0 Å². The Kier molecular flexibility index (Phi) is 6.54. The van der Waals surface area contributed by atoms with E-state index in [0.717, 1.165) is 12.8 Å². The molecule has 0 aliphatic rings. The van der Waals surface area contributed by atoms with E-state index in [2.05, 4.69) is 51.7 Å². The van der Waals surface area contributed by atoms with E-state index in [1.54, 1.807) is 0 Å². The highest BCUT2D eigenvalue weighted by Crippen LogP contribution is 2.20. The van der Waals surface area contributed by atoms with Crippen molar-refractivity contribution >= 4 is 12.4 Å². The molecule has 0 unspecified atom stereocenters. The number of hydrogen-bond donors (Lipinski definition) is 0. The van der Waals surface area contributed by atoms with Crippen LogP contribution in [0, 0.1) is 10.8 Å². The van der Waals surface area contributed by atoms with E-state index in [1.807, 2.05) is 12.4 Å². The molecule has 0 aliphatic heterocycles. The fourth-order valence-corrected chi connectivity index (χ4v) is 1.80. The zero-order valence-electron chi connectivity index (χ0n) is 11.9. The second kappa shape index (κ2) is 6.82. The first-order valence-electron chi connectivity index (χ1n) is 6.42. The molecule has 94 valence electrons. The molecule has 0 spiro atoms. The molecule has 2 heteroatoms. The van der Waals surface area contributed by atoms with Gasteiger partial charge in [0.2, 0.25) is 0 Å². The van der Waals surface area contributed by atoms with E-state index in [9.17, 15) is 0 Å². The van der Waals surface area contributed by atoms with E-state index in [4.69, 9.17) is 0 Å². The van der Waals surface area contributed by atoms with Gasteiger partial charge >= 0.3 is 0 Å². The first-order valence-corrected chi connectivity index (χ1v) is 6.42. The molecule has 0 saturated heterocycles. The topological polar surface area (TPSA) is 24.7 Å². The van der Waals surface area contributed by atoms with Gasteiger partial charge < -0.3 is 0 Å². The molecule has 2 nitrogen and oxygen atoms in total. The lowest BCUT2D eigenvalue weighted by molar-refractivity contribution is 0.474. The van der Waals surface area contributed by atoms with Crippen molar-refractivity contribution in [1.29, 1.82) is 0 Å². The van der Waals surface area contributed by atoms with Crippen LogP contribution >= 0.6 is 0 Å². The minimum atomic E-state index is 0.168. The molecule has 0 heterocycles. The molecule has 0 aromatic rings. The molecular weight excluding hydrogens is 196 g/mol. The Morgan fingerprint density at radius 2 is 1.06 bits per heavy atom. The molecule has 0 rings (SSSR count). The maximum Gasteiger partial charge on any atom is 0.0326 e. The van der Waals surface area contributed by atoms with E-state index in [0.29, 0.717) is 0 Å². The van der Waals surface area contributed by atoms with Crippen LogP contribution in [0.3, 0.4) is 0 Å². The van der Waals surface area contributed by atoms with Gasteiger partial charge in [-0.15, -0.1) is 0 Å². The van der Waals surface area contributed by atoms with Crippen LogP contribution in [0.5, 0.6) is 0 Å². The highest BCUT2D eigenvalue weighted by atomic mass is 15.2. The minimum absolute atomic E-state index is 0.168. The Hall–Kier alpha value is -0.660. The fraction of sp³-hybridized carbons (Fsp3) is 0.857. The lowest BCUT2D eigenvalue weighted by Gasteiger charge is -2.18. The maximum atomic E-state index is 4.17. The predicted octanol–water partition coefficient (Wildman–Crippen LogP) is 4.70. The van der Waals surface area contributed by atoms with Gasteiger partial charge in [0.15, 0.2) is 0 Å². The van der Waals surface area contributed by atoms with Crippen molar-refractivity contribution in [2.24, 2.45) is 21.0 Å². The lowest BCUT2D eigenvalue weighted by atomic mass is 9.89. The Bertz CT molecular complexity index is 211. The molecule has 0 aromatic carbocycles. The van der Waals surface area contributed by atoms with E-state index in [-0.39, 0.29) is 10.8 Å². The maximum absolute atomic E-state index is 4.17.